The van der Waals surface area contributed by atoms with Gasteiger partial charge in [-0.3, -0.25) is 9.59 Å². The summed E-state index contributed by atoms with van der Waals surface area (Å²) in [6.45, 7) is 5.12. The number of rotatable bonds is 7. The molecule has 0 radical (unpaired) electrons. The maximum atomic E-state index is 12.4. The SMILES string of the molecule is CNCC(C)C(=O)N1CCN(C(=O)CCc2ccc(OC)cc2)CC1.Cl. The van der Waals surface area contributed by atoms with E-state index in [0.717, 1.165) is 17.7 Å². The number of hydrogen-bond acceptors (Lipinski definition) is 4. The lowest BCUT2D eigenvalue weighted by atomic mass is 10.1. The van der Waals surface area contributed by atoms with Crippen molar-refractivity contribution in [3.63, 3.8) is 0 Å². The summed E-state index contributed by atoms with van der Waals surface area (Å²) in [7, 11) is 3.49. The summed E-state index contributed by atoms with van der Waals surface area (Å²) < 4.78 is 5.14. The number of benzene rings is 1. The van der Waals surface area contributed by atoms with Gasteiger partial charge in [-0.15, -0.1) is 12.4 Å². The molecular weight excluding hydrogens is 354 g/mol. The molecule has 0 saturated carbocycles. The van der Waals surface area contributed by atoms with Crippen molar-refractivity contribution in [1.82, 2.24) is 15.1 Å². The summed E-state index contributed by atoms with van der Waals surface area (Å²) in [6.07, 6.45) is 1.22. The first-order valence-electron chi connectivity index (χ1n) is 8.89. The number of aryl methyl sites for hydroxylation is 1. The highest BCUT2D eigenvalue weighted by molar-refractivity contribution is 5.85. The van der Waals surface area contributed by atoms with Gasteiger partial charge in [0.2, 0.25) is 11.8 Å². The minimum Gasteiger partial charge on any atom is -0.497 e. The number of halogens is 1. The Labute approximate surface area is 162 Å². The monoisotopic (exact) mass is 383 g/mol. The van der Waals surface area contributed by atoms with Gasteiger partial charge >= 0.3 is 0 Å². The Kier molecular flexibility index (Phi) is 9.44. The standard InChI is InChI=1S/C19H29N3O3.ClH/c1-15(14-20-2)19(24)22-12-10-21(11-13-22)18(23)9-6-16-4-7-17(25-3)8-5-16;/h4-5,7-8,15,20H,6,9-14H2,1-3H3;1H. The van der Waals surface area contributed by atoms with Gasteiger partial charge in [-0.25, -0.2) is 0 Å². The number of ether oxygens (including phenoxy) is 1. The van der Waals surface area contributed by atoms with Crippen LogP contribution in [0.4, 0.5) is 0 Å². The fourth-order valence-electron chi connectivity index (χ4n) is 3.08. The normalized spacial score (nSPS) is 15.2. The van der Waals surface area contributed by atoms with Crippen LogP contribution < -0.4 is 10.1 Å². The van der Waals surface area contributed by atoms with E-state index in [1.165, 1.54) is 0 Å². The van der Waals surface area contributed by atoms with E-state index in [0.29, 0.717) is 39.1 Å². The zero-order chi connectivity index (χ0) is 18.2. The third-order valence-corrected chi connectivity index (χ3v) is 4.66. The molecule has 26 heavy (non-hydrogen) atoms. The van der Waals surface area contributed by atoms with Gasteiger partial charge in [0.05, 0.1) is 7.11 Å². The highest BCUT2D eigenvalue weighted by atomic mass is 35.5. The minimum atomic E-state index is -0.0256. The fourth-order valence-corrected chi connectivity index (χ4v) is 3.08. The molecule has 1 aromatic carbocycles. The molecule has 2 rings (SSSR count). The molecule has 1 unspecified atom stereocenters. The van der Waals surface area contributed by atoms with E-state index < -0.39 is 0 Å². The van der Waals surface area contributed by atoms with E-state index >= 15 is 0 Å². The number of amides is 2. The lowest BCUT2D eigenvalue weighted by molar-refractivity contribution is -0.141. The predicted molar refractivity (Wildman–Crippen MR) is 105 cm³/mol. The van der Waals surface area contributed by atoms with Crippen LogP contribution in [0, 0.1) is 5.92 Å². The lowest BCUT2D eigenvalue weighted by Gasteiger charge is -2.36. The van der Waals surface area contributed by atoms with Gasteiger partial charge in [0.15, 0.2) is 0 Å². The zero-order valence-electron chi connectivity index (χ0n) is 15.9. The van der Waals surface area contributed by atoms with Gasteiger partial charge in [-0.05, 0) is 31.2 Å². The Balaban J connectivity index is 0.00000338. The number of piperazine rings is 1. The lowest BCUT2D eigenvalue weighted by Crippen LogP contribution is -2.52. The Morgan fingerprint density at radius 1 is 1.12 bits per heavy atom. The van der Waals surface area contributed by atoms with E-state index in [1.54, 1.807) is 7.11 Å². The summed E-state index contributed by atoms with van der Waals surface area (Å²) >= 11 is 0. The van der Waals surface area contributed by atoms with Crippen LogP contribution in [0.25, 0.3) is 0 Å². The van der Waals surface area contributed by atoms with Gasteiger partial charge in [0.1, 0.15) is 5.75 Å². The van der Waals surface area contributed by atoms with Crippen LogP contribution in [0.1, 0.15) is 18.9 Å². The molecule has 1 aromatic rings. The second kappa shape index (κ2) is 11.0. The van der Waals surface area contributed by atoms with Crippen LogP contribution >= 0.6 is 12.4 Å². The number of methoxy groups -OCH3 is 1. The number of carbonyl (C=O) groups is 2. The minimum absolute atomic E-state index is 0. The topological polar surface area (TPSA) is 61.9 Å². The molecule has 0 bridgehead atoms. The molecule has 2 amide bonds. The Morgan fingerprint density at radius 3 is 2.23 bits per heavy atom. The summed E-state index contributed by atoms with van der Waals surface area (Å²) in [6, 6.07) is 7.81. The first-order valence-corrected chi connectivity index (χ1v) is 8.89. The molecule has 1 N–H and O–H groups in total. The van der Waals surface area contributed by atoms with Crippen molar-refractivity contribution in [1.29, 1.82) is 0 Å². The number of nitrogens with zero attached hydrogens (tertiary/aromatic N) is 2. The maximum Gasteiger partial charge on any atom is 0.226 e. The van der Waals surface area contributed by atoms with Gasteiger partial charge in [0, 0.05) is 45.1 Å². The van der Waals surface area contributed by atoms with Gasteiger partial charge in [-0.1, -0.05) is 19.1 Å². The molecule has 1 aliphatic heterocycles. The Morgan fingerprint density at radius 2 is 1.69 bits per heavy atom. The average molecular weight is 384 g/mol. The summed E-state index contributed by atoms with van der Waals surface area (Å²) in [5.41, 5.74) is 1.13. The van der Waals surface area contributed by atoms with Crippen LogP contribution in [0.5, 0.6) is 5.75 Å². The smallest absolute Gasteiger partial charge is 0.226 e. The highest BCUT2D eigenvalue weighted by Gasteiger charge is 2.26. The van der Waals surface area contributed by atoms with E-state index in [-0.39, 0.29) is 30.1 Å². The molecule has 1 fully saturated rings. The van der Waals surface area contributed by atoms with Crippen molar-refractivity contribution in [3.8, 4) is 5.75 Å². The largest absolute Gasteiger partial charge is 0.497 e. The zero-order valence-corrected chi connectivity index (χ0v) is 16.7. The third kappa shape index (κ3) is 6.18. The molecule has 6 nitrogen and oxygen atoms in total. The maximum absolute atomic E-state index is 12.4. The van der Waals surface area contributed by atoms with E-state index in [1.807, 2.05) is 48.0 Å². The van der Waals surface area contributed by atoms with Crippen LogP contribution in [0.15, 0.2) is 24.3 Å². The fraction of sp³-hybridized carbons (Fsp3) is 0.579. The Bertz CT molecular complexity index is 572. The predicted octanol–water partition coefficient (Wildman–Crippen LogP) is 1.58. The van der Waals surface area contributed by atoms with Crippen molar-refractivity contribution in [2.24, 2.45) is 5.92 Å². The molecule has 1 aliphatic rings. The Hall–Kier alpha value is -1.79. The molecule has 0 spiro atoms. The van der Waals surface area contributed by atoms with E-state index in [4.69, 9.17) is 4.74 Å². The average Bonchev–Trinajstić information content (AvgIpc) is 2.66. The number of hydrogen-bond donors (Lipinski definition) is 1. The molecule has 0 aliphatic carbocycles. The van der Waals surface area contributed by atoms with Crippen molar-refractivity contribution in [2.45, 2.75) is 19.8 Å². The van der Waals surface area contributed by atoms with E-state index in [2.05, 4.69) is 5.32 Å². The molecule has 146 valence electrons. The van der Waals surface area contributed by atoms with Gasteiger partial charge in [0.25, 0.3) is 0 Å². The van der Waals surface area contributed by atoms with E-state index in [9.17, 15) is 9.59 Å². The summed E-state index contributed by atoms with van der Waals surface area (Å²) in [4.78, 5) is 28.4. The number of carbonyl (C=O) groups excluding carboxylic acids is 2. The molecule has 1 heterocycles. The quantitative estimate of drug-likeness (QED) is 0.776. The molecular formula is C19H30ClN3O3. The van der Waals surface area contributed by atoms with Crippen LogP contribution in [0.2, 0.25) is 0 Å². The molecule has 0 aromatic heterocycles. The molecule has 7 heteroatoms. The van der Waals surface area contributed by atoms with Crippen LogP contribution in [-0.2, 0) is 16.0 Å². The molecule has 1 saturated heterocycles. The second-order valence-electron chi connectivity index (χ2n) is 6.51. The van der Waals surface area contributed by atoms with Crippen molar-refractivity contribution in [2.75, 3.05) is 46.9 Å². The van der Waals surface area contributed by atoms with Crippen molar-refractivity contribution < 1.29 is 14.3 Å². The third-order valence-electron chi connectivity index (χ3n) is 4.66. The van der Waals surface area contributed by atoms with Crippen LogP contribution in [0.3, 0.4) is 0 Å². The summed E-state index contributed by atoms with van der Waals surface area (Å²) in [5, 5.41) is 3.03. The highest BCUT2D eigenvalue weighted by Crippen LogP contribution is 2.14. The first kappa shape index (κ1) is 22.3. The molecule has 1 atom stereocenters. The van der Waals surface area contributed by atoms with Crippen molar-refractivity contribution >= 4 is 24.2 Å². The van der Waals surface area contributed by atoms with Crippen LogP contribution in [-0.4, -0.2) is 68.5 Å². The van der Waals surface area contributed by atoms with Crippen molar-refractivity contribution in [3.05, 3.63) is 29.8 Å². The summed E-state index contributed by atoms with van der Waals surface area (Å²) in [5.74, 6) is 1.12. The number of nitrogens with one attached hydrogen (secondary N) is 1. The second-order valence-corrected chi connectivity index (χ2v) is 6.51. The van der Waals surface area contributed by atoms with Gasteiger partial charge in [-0.2, -0.15) is 0 Å². The first-order chi connectivity index (χ1) is 12.0. The van der Waals surface area contributed by atoms with Gasteiger partial charge < -0.3 is 19.9 Å².